The summed E-state index contributed by atoms with van der Waals surface area (Å²) in [6.07, 6.45) is 2.00. The molecular formula is C20H18F4N6O. The molecule has 0 fully saturated rings. The van der Waals surface area contributed by atoms with E-state index >= 15 is 0 Å². The lowest BCUT2D eigenvalue weighted by molar-refractivity contribution is -0.0522. The number of hydrogen-bond acceptors (Lipinski definition) is 6. The van der Waals surface area contributed by atoms with Gasteiger partial charge >= 0.3 is 6.61 Å². The lowest BCUT2D eigenvalue weighted by atomic mass is 10.1. The van der Waals surface area contributed by atoms with Crippen molar-refractivity contribution in [3.8, 4) is 5.75 Å². The van der Waals surface area contributed by atoms with Gasteiger partial charge in [0.2, 0.25) is 5.79 Å². The van der Waals surface area contributed by atoms with Crippen molar-refractivity contribution in [2.45, 2.75) is 25.7 Å². The number of aliphatic imine (C=N–C) groups is 1. The van der Waals surface area contributed by atoms with Crippen LogP contribution in [0.1, 0.15) is 18.3 Å². The van der Waals surface area contributed by atoms with Crippen LogP contribution in [-0.4, -0.2) is 22.0 Å². The van der Waals surface area contributed by atoms with Crippen molar-refractivity contribution in [1.82, 2.24) is 14.9 Å². The van der Waals surface area contributed by atoms with Gasteiger partial charge in [-0.2, -0.15) is 8.78 Å². The molecule has 5 N–H and O–H groups in total. The fraction of sp³-hybridized carbons (Fsp3) is 0.200. The van der Waals surface area contributed by atoms with Crippen molar-refractivity contribution in [3.63, 3.8) is 0 Å². The molecule has 0 radical (unpaired) electrons. The summed E-state index contributed by atoms with van der Waals surface area (Å²) in [6, 6.07) is 7.41. The van der Waals surface area contributed by atoms with Crippen molar-refractivity contribution in [3.05, 3.63) is 65.5 Å². The van der Waals surface area contributed by atoms with Crippen molar-refractivity contribution in [2.75, 3.05) is 0 Å². The molecule has 1 aliphatic rings. The van der Waals surface area contributed by atoms with Crippen molar-refractivity contribution in [2.24, 2.45) is 16.5 Å². The molecule has 0 bridgehead atoms. The number of fused-ring (bicyclic) bond motifs is 1. The second kappa shape index (κ2) is 7.58. The molecule has 1 atom stereocenters. The highest BCUT2D eigenvalue weighted by molar-refractivity contribution is 5.98. The van der Waals surface area contributed by atoms with Crippen LogP contribution >= 0.6 is 0 Å². The van der Waals surface area contributed by atoms with Gasteiger partial charge in [-0.25, -0.2) is 18.8 Å². The number of benzene rings is 2. The van der Waals surface area contributed by atoms with Crippen LogP contribution in [0, 0.1) is 11.6 Å². The number of alkyl halides is 2. The highest BCUT2D eigenvalue weighted by Crippen LogP contribution is 2.30. The zero-order valence-corrected chi connectivity index (χ0v) is 16.2. The summed E-state index contributed by atoms with van der Waals surface area (Å²) in [4.78, 5) is 8.64. The third kappa shape index (κ3) is 3.79. The van der Waals surface area contributed by atoms with Gasteiger partial charge in [0.15, 0.2) is 11.6 Å². The number of ether oxygens (including phenoxy) is 1. The number of aryl methyl sites for hydroxylation is 1. The van der Waals surface area contributed by atoms with E-state index in [9.17, 15) is 17.6 Å². The maximum atomic E-state index is 14.3. The second-order valence-electron chi connectivity index (χ2n) is 6.83. The Bertz CT molecular complexity index is 1220. The third-order valence-electron chi connectivity index (χ3n) is 4.74. The summed E-state index contributed by atoms with van der Waals surface area (Å²) < 4.78 is 58.8. The first kappa shape index (κ1) is 20.7. The fourth-order valence-corrected chi connectivity index (χ4v) is 3.43. The highest BCUT2D eigenvalue weighted by atomic mass is 19.3. The summed E-state index contributed by atoms with van der Waals surface area (Å²) in [6.45, 7) is -1.30. The van der Waals surface area contributed by atoms with Gasteiger partial charge in [-0.05, 0) is 30.3 Å². The van der Waals surface area contributed by atoms with Gasteiger partial charge in [-0.1, -0.05) is 6.92 Å². The van der Waals surface area contributed by atoms with Gasteiger partial charge < -0.3 is 15.8 Å². The Kier molecular flexibility index (Phi) is 5.05. The number of nitrogens with two attached hydrogens (primary N) is 2. The Labute approximate surface area is 174 Å². The van der Waals surface area contributed by atoms with Gasteiger partial charge in [0.1, 0.15) is 23.3 Å². The highest BCUT2D eigenvalue weighted by Gasteiger charge is 2.33. The Balaban J connectivity index is 1.78. The molecular weight excluding hydrogens is 416 g/mol. The van der Waals surface area contributed by atoms with E-state index < -0.39 is 29.8 Å². The number of imidazole rings is 1. The topological polar surface area (TPSA) is 103 Å². The molecule has 2 heterocycles. The zero-order chi connectivity index (χ0) is 22.3. The van der Waals surface area contributed by atoms with Crippen molar-refractivity contribution >= 4 is 22.7 Å². The van der Waals surface area contributed by atoms with Crippen LogP contribution in [0.5, 0.6) is 5.75 Å². The summed E-state index contributed by atoms with van der Waals surface area (Å²) in [7, 11) is 0. The number of rotatable bonds is 5. The quantitative estimate of drug-likeness (QED) is 0.536. The van der Waals surface area contributed by atoms with E-state index in [-0.39, 0.29) is 11.4 Å². The smallest absolute Gasteiger partial charge is 0.387 e. The molecule has 162 valence electrons. The maximum Gasteiger partial charge on any atom is 0.387 e. The van der Waals surface area contributed by atoms with Gasteiger partial charge in [0, 0.05) is 24.1 Å². The summed E-state index contributed by atoms with van der Waals surface area (Å²) >= 11 is 0. The van der Waals surface area contributed by atoms with Gasteiger partial charge in [0.25, 0.3) is 0 Å². The predicted octanol–water partition coefficient (Wildman–Crippen LogP) is 3.01. The largest absolute Gasteiger partial charge is 0.432 e. The standard InChI is InChI=1S/C20H18F4N6O/c1-2-17-27-13-5-4-11(21)8-14(13)30(17)18-9-16(25)28-20(26,29-18)10-3-6-15(12(22)7-10)31-19(23)24/h3-9,19,29H,2,26H2,1H3,(H2,25,28). The molecule has 0 saturated carbocycles. The molecule has 4 rings (SSSR count). The van der Waals surface area contributed by atoms with Crippen LogP contribution in [0.4, 0.5) is 17.6 Å². The number of amidine groups is 1. The third-order valence-corrected chi connectivity index (χ3v) is 4.74. The lowest BCUT2D eigenvalue weighted by Gasteiger charge is -2.33. The first-order valence-corrected chi connectivity index (χ1v) is 9.26. The number of nitrogens with one attached hydrogen (secondary N) is 1. The zero-order valence-electron chi connectivity index (χ0n) is 16.2. The molecule has 1 aliphatic heterocycles. The molecule has 1 aromatic heterocycles. The van der Waals surface area contributed by atoms with Crippen molar-refractivity contribution < 1.29 is 22.3 Å². The van der Waals surface area contributed by atoms with Crippen LogP contribution in [0.2, 0.25) is 0 Å². The monoisotopic (exact) mass is 434 g/mol. The van der Waals surface area contributed by atoms with E-state index in [0.717, 1.165) is 12.1 Å². The summed E-state index contributed by atoms with van der Waals surface area (Å²) in [5, 5.41) is 2.97. The van der Waals surface area contributed by atoms with E-state index in [1.807, 2.05) is 6.92 Å². The minimum absolute atomic E-state index is 0.0184. The van der Waals surface area contributed by atoms with Crippen LogP contribution < -0.4 is 21.5 Å². The van der Waals surface area contributed by atoms with Gasteiger partial charge in [-0.15, -0.1) is 0 Å². The molecule has 7 nitrogen and oxygen atoms in total. The van der Waals surface area contributed by atoms with Crippen molar-refractivity contribution in [1.29, 1.82) is 0 Å². The molecule has 31 heavy (non-hydrogen) atoms. The Hall–Kier alpha value is -3.60. The molecule has 3 aromatic rings. The molecule has 0 aliphatic carbocycles. The van der Waals surface area contributed by atoms with Crippen LogP contribution in [0.3, 0.4) is 0 Å². The second-order valence-corrected chi connectivity index (χ2v) is 6.83. The molecule has 1 unspecified atom stereocenters. The average Bonchev–Trinajstić information content (AvgIpc) is 3.06. The normalized spacial score (nSPS) is 18.7. The number of nitrogens with zero attached hydrogens (tertiary/aromatic N) is 3. The number of aromatic nitrogens is 2. The first-order valence-electron chi connectivity index (χ1n) is 9.26. The molecule has 2 aromatic carbocycles. The van der Waals surface area contributed by atoms with E-state index in [1.54, 1.807) is 10.6 Å². The first-order chi connectivity index (χ1) is 14.7. The lowest BCUT2D eigenvalue weighted by Crippen LogP contribution is -2.52. The van der Waals surface area contributed by atoms with E-state index in [2.05, 4.69) is 20.0 Å². The number of halogens is 4. The fourth-order valence-electron chi connectivity index (χ4n) is 3.43. The Morgan fingerprint density at radius 2 is 1.97 bits per heavy atom. The van der Waals surface area contributed by atoms with E-state index in [0.29, 0.717) is 29.1 Å². The Morgan fingerprint density at radius 3 is 2.65 bits per heavy atom. The number of hydrogen-bond donors (Lipinski definition) is 3. The summed E-state index contributed by atoms with van der Waals surface area (Å²) in [5.41, 5.74) is 13.5. The molecule has 0 saturated heterocycles. The maximum absolute atomic E-state index is 14.3. The minimum atomic E-state index is -3.18. The average molecular weight is 434 g/mol. The molecule has 11 heteroatoms. The predicted molar refractivity (Wildman–Crippen MR) is 107 cm³/mol. The van der Waals surface area contributed by atoms with Gasteiger partial charge in [0.05, 0.1) is 11.0 Å². The van der Waals surface area contributed by atoms with Gasteiger partial charge in [-0.3, -0.25) is 10.3 Å². The van der Waals surface area contributed by atoms with Crippen LogP contribution in [-0.2, 0) is 12.2 Å². The minimum Gasteiger partial charge on any atom is -0.432 e. The van der Waals surface area contributed by atoms with E-state index in [1.165, 1.54) is 24.3 Å². The van der Waals surface area contributed by atoms with Crippen LogP contribution in [0.15, 0.2) is 47.5 Å². The Morgan fingerprint density at radius 1 is 1.19 bits per heavy atom. The van der Waals surface area contributed by atoms with E-state index in [4.69, 9.17) is 11.5 Å². The SMILES string of the molecule is CCc1nc2ccc(F)cc2n1C1=CC(N)=NC(N)(c2ccc(OC(F)F)c(F)c2)N1. The molecule has 0 amide bonds. The summed E-state index contributed by atoms with van der Waals surface area (Å²) in [5.74, 6) is -2.90. The van der Waals surface area contributed by atoms with Crippen LogP contribution in [0.25, 0.3) is 16.9 Å². The molecule has 0 spiro atoms.